The lowest BCUT2D eigenvalue weighted by Gasteiger charge is -2.38. The van der Waals surface area contributed by atoms with Crippen LogP contribution in [0.5, 0.6) is 0 Å². The summed E-state index contributed by atoms with van der Waals surface area (Å²) in [7, 11) is 3.60. The number of aliphatic hydroxyl groups is 1. The fourth-order valence-corrected chi connectivity index (χ4v) is 2.35. The summed E-state index contributed by atoms with van der Waals surface area (Å²) >= 11 is 0. The van der Waals surface area contributed by atoms with Crippen molar-refractivity contribution in [2.45, 2.75) is 24.9 Å². The van der Waals surface area contributed by atoms with Crippen molar-refractivity contribution in [3.05, 3.63) is 0 Å². The Morgan fingerprint density at radius 1 is 1.56 bits per heavy atom. The van der Waals surface area contributed by atoms with Crippen LogP contribution in [0.25, 0.3) is 0 Å². The van der Waals surface area contributed by atoms with E-state index in [0.717, 1.165) is 25.9 Å². The second-order valence-electron chi connectivity index (χ2n) is 4.85. The normalized spacial score (nSPS) is 19.8. The van der Waals surface area contributed by atoms with E-state index in [-0.39, 0.29) is 25.2 Å². The molecule has 0 spiro atoms. The van der Waals surface area contributed by atoms with Gasteiger partial charge in [0.2, 0.25) is 5.91 Å². The molecule has 1 fully saturated rings. The van der Waals surface area contributed by atoms with Gasteiger partial charge in [-0.25, -0.2) is 0 Å². The highest BCUT2D eigenvalue weighted by molar-refractivity contribution is 5.82. The molecule has 1 saturated heterocycles. The SMILES string of the molecule is COCC(N)C(=O)N(CCO)C1CCN(C)CC1. The lowest BCUT2D eigenvalue weighted by atomic mass is 10.0. The summed E-state index contributed by atoms with van der Waals surface area (Å²) in [5.41, 5.74) is 5.78. The molecule has 106 valence electrons. The molecule has 0 aromatic carbocycles. The maximum Gasteiger partial charge on any atom is 0.242 e. The number of nitrogens with zero attached hydrogens (tertiary/aromatic N) is 2. The van der Waals surface area contributed by atoms with E-state index in [0.29, 0.717) is 6.54 Å². The average molecular weight is 259 g/mol. The molecule has 0 aromatic rings. The van der Waals surface area contributed by atoms with E-state index < -0.39 is 6.04 Å². The largest absolute Gasteiger partial charge is 0.395 e. The molecule has 6 nitrogen and oxygen atoms in total. The zero-order valence-electron chi connectivity index (χ0n) is 11.3. The van der Waals surface area contributed by atoms with Gasteiger partial charge < -0.3 is 25.4 Å². The minimum atomic E-state index is -0.638. The summed E-state index contributed by atoms with van der Waals surface area (Å²) < 4.78 is 4.91. The molecule has 0 saturated carbocycles. The Labute approximate surface area is 109 Å². The summed E-state index contributed by atoms with van der Waals surface area (Å²) in [5, 5.41) is 9.10. The molecular weight excluding hydrogens is 234 g/mol. The first-order chi connectivity index (χ1) is 8.60. The maximum absolute atomic E-state index is 12.2. The first kappa shape index (κ1) is 15.4. The van der Waals surface area contributed by atoms with Crippen molar-refractivity contribution in [3.63, 3.8) is 0 Å². The van der Waals surface area contributed by atoms with Gasteiger partial charge in [0.05, 0.1) is 13.2 Å². The van der Waals surface area contributed by atoms with Crippen LogP contribution < -0.4 is 5.73 Å². The summed E-state index contributed by atoms with van der Waals surface area (Å²) in [6.07, 6.45) is 1.86. The lowest BCUT2D eigenvalue weighted by molar-refractivity contribution is -0.137. The second kappa shape index (κ2) is 7.68. The van der Waals surface area contributed by atoms with Gasteiger partial charge in [-0.05, 0) is 33.0 Å². The van der Waals surface area contributed by atoms with Crippen molar-refractivity contribution < 1.29 is 14.6 Å². The number of ether oxygens (including phenoxy) is 1. The van der Waals surface area contributed by atoms with Crippen LogP contribution in [0.1, 0.15) is 12.8 Å². The number of carbonyl (C=O) groups is 1. The molecule has 1 unspecified atom stereocenters. The Kier molecular flexibility index (Phi) is 6.56. The predicted molar refractivity (Wildman–Crippen MR) is 69.2 cm³/mol. The maximum atomic E-state index is 12.2. The molecule has 1 aliphatic heterocycles. The quantitative estimate of drug-likeness (QED) is 0.631. The first-order valence-corrected chi connectivity index (χ1v) is 6.44. The Morgan fingerprint density at radius 3 is 2.67 bits per heavy atom. The molecule has 0 radical (unpaired) electrons. The van der Waals surface area contributed by atoms with E-state index >= 15 is 0 Å². The van der Waals surface area contributed by atoms with E-state index in [2.05, 4.69) is 11.9 Å². The van der Waals surface area contributed by atoms with Gasteiger partial charge in [-0.1, -0.05) is 0 Å². The minimum Gasteiger partial charge on any atom is -0.395 e. The van der Waals surface area contributed by atoms with Crippen molar-refractivity contribution in [3.8, 4) is 0 Å². The van der Waals surface area contributed by atoms with Gasteiger partial charge in [0.1, 0.15) is 6.04 Å². The third kappa shape index (κ3) is 4.20. The van der Waals surface area contributed by atoms with Gasteiger partial charge in [-0.15, -0.1) is 0 Å². The van der Waals surface area contributed by atoms with Gasteiger partial charge in [-0.3, -0.25) is 4.79 Å². The van der Waals surface area contributed by atoms with Crippen LogP contribution in [-0.2, 0) is 9.53 Å². The van der Waals surface area contributed by atoms with Crippen LogP contribution in [0.4, 0.5) is 0 Å². The lowest BCUT2D eigenvalue weighted by Crippen LogP contribution is -2.53. The fourth-order valence-electron chi connectivity index (χ4n) is 2.35. The van der Waals surface area contributed by atoms with Gasteiger partial charge in [0.15, 0.2) is 0 Å². The number of amides is 1. The minimum absolute atomic E-state index is 0.0300. The summed E-state index contributed by atoms with van der Waals surface area (Å²) in [5.74, 6) is -0.125. The van der Waals surface area contributed by atoms with Crippen LogP contribution in [0.3, 0.4) is 0 Å². The summed E-state index contributed by atoms with van der Waals surface area (Å²) in [4.78, 5) is 16.2. The highest BCUT2D eigenvalue weighted by Gasteiger charge is 2.29. The Morgan fingerprint density at radius 2 is 2.17 bits per heavy atom. The average Bonchev–Trinajstić information content (AvgIpc) is 2.37. The third-order valence-electron chi connectivity index (χ3n) is 3.42. The van der Waals surface area contributed by atoms with Gasteiger partial charge in [-0.2, -0.15) is 0 Å². The number of aliphatic hydroxyl groups excluding tert-OH is 1. The topological polar surface area (TPSA) is 79.0 Å². The van der Waals surface area contributed by atoms with Crippen LogP contribution in [0, 0.1) is 0 Å². The molecule has 3 N–H and O–H groups in total. The van der Waals surface area contributed by atoms with Crippen molar-refractivity contribution in [1.82, 2.24) is 9.80 Å². The van der Waals surface area contributed by atoms with Gasteiger partial charge in [0, 0.05) is 19.7 Å². The molecule has 18 heavy (non-hydrogen) atoms. The molecule has 1 aliphatic rings. The number of methoxy groups -OCH3 is 1. The standard InChI is InChI=1S/C12H25N3O3/c1-14-5-3-10(4-6-14)15(7-8-16)12(17)11(13)9-18-2/h10-11,16H,3-9,13H2,1-2H3. The van der Waals surface area contributed by atoms with Crippen molar-refractivity contribution in [1.29, 1.82) is 0 Å². The molecule has 1 rings (SSSR count). The molecule has 6 heteroatoms. The van der Waals surface area contributed by atoms with Crippen LogP contribution in [-0.4, -0.2) is 79.9 Å². The molecule has 1 atom stereocenters. The van der Waals surface area contributed by atoms with Crippen molar-refractivity contribution >= 4 is 5.91 Å². The number of likely N-dealkylation sites (tertiary alicyclic amines) is 1. The number of piperidine rings is 1. The van der Waals surface area contributed by atoms with Gasteiger partial charge >= 0.3 is 0 Å². The Balaban J connectivity index is 2.60. The zero-order chi connectivity index (χ0) is 13.5. The Bertz CT molecular complexity index is 255. The van der Waals surface area contributed by atoms with Crippen molar-refractivity contribution in [2.75, 3.05) is 47.0 Å². The number of hydrogen-bond acceptors (Lipinski definition) is 5. The van der Waals surface area contributed by atoms with Crippen LogP contribution in [0.2, 0.25) is 0 Å². The zero-order valence-corrected chi connectivity index (χ0v) is 11.3. The van der Waals surface area contributed by atoms with E-state index in [1.54, 1.807) is 4.90 Å². The van der Waals surface area contributed by atoms with Crippen LogP contribution in [0.15, 0.2) is 0 Å². The second-order valence-corrected chi connectivity index (χ2v) is 4.85. The molecule has 0 aliphatic carbocycles. The third-order valence-corrected chi connectivity index (χ3v) is 3.42. The Hall–Kier alpha value is -0.690. The number of carbonyl (C=O) groups excluding carboxylic acids is 1. The number of hydrogen-bond donors (Lipinski definition) is 2. The highest BCUT2D eigenvalue weighted by atomic mass is 16.5. The fraction of sp³-hybridized carbons (Fsp3) is 0.917. The first-order valence-electron chi connectivity index (χ1n) is 6.44. The molecule has 0 aromatic heterocycles. The predicted octanol–water partition coefficient (Wildman–Crippen LogP) is -1.12. The number of nitrogens with two attached hydrogens (primary N) is 1. The molecule has 1 heterocycles. The van der Waals surface area contributed by atoms with Crippen molar-refractivity contribution in [2.24, 2.45) is 5.73 Å². The van der Waals surface area contributed by atoms with E-state index in [1.807, 2.05) is 0 Å². The van der Waals surface area contributed by atoms with Gasteiger partial charge in [0.25, 0.3) is 0 Å². The smallest absolute Gasteiger partial charge is 0.242 e. The summed E-state index contributed by atoms with van der Waals surface area (Å²) in [6.45, 7) is 2.48. The molecule has 0 bridgehead atoms. The summed E-state index contributed by atoms with van der Waals surface area (Å²) in [6, 6.07) is -0.454. The van der Waals surface area contributed by atoms with E-state index in [4.69, 9.17) is 15.6 Å². The number of rotatable bonds is 6. The van der Waals surface area contributed by atoms with Crippen LogP contribution >= 0.6 is 0 Å². The monoisotopic (exact) mass is 259 g/mol. The van der Waals surface area contributed by atoms with E-state index in [9.17, 15) is 4.79 Å². The molecule has 1 amide bonds. The highest BCUT2D eigenvalue weighted by Crippen LogP contribution is 2.16. The van der Waals surface area contributed by atoms with E-state index in [1.165, 1.54) is 7.11 Å². The molecular formula is C12H25N3O3.